The second-order valence-corrected chi connectivity index (χ2v) is 5.96. The van der Waals surface area contributed by atoms with Crippen LogP contribution in [0.1, 0.15) is 25.0 Å². The molecule has 88 valence electrons. The molecular weight excluding hydrogens is 247 g/mol. The first-order valence-electron chi connectivity index (χ1n) is 5.10. The van der Waals surface area contributed by atoms with E-state index in [0.717, 1.165) is 11.3 Å². The van der Waals surface area contributed by atoms with Gasteiger partial charge in [-0.3, -0.25) is 0 Å². The molecule has 0 spiro atoms. The summed E-state index contributed by atoms with van der Waals surface area (Å²) in [6, 6.07) is 7.29. The number of benzene rings is 1. The van der Waals surface area contributed by atoms with Gasteiger partial charge in [-0.25, -0.2) is 0 Å². The molecule has 0 aromatic heterocycles. The highest BCUT2D eigenvalue weighted by Gasteiger charge is 2.66. The van der Waals surface area contributed by atoms with Crippen molar-refractivity contribution in [3.63, 3.8) is 0 Å². The number of methoxy groups -OCH3 is 1. The van der Waals surface area contributed by atoms with Gasteiger partial charge in [0.1, 0.15) is 10.1 Å². The quantitative estimate of drug-likeness (QED) is 0.846. The highest BCUT2D eigenvalue weighted by atomic mass is 35.5. The Labute approximate surface area is 105 Å². The Morgan fingerprint density at radius 2 is 1.81 bits per heavy atom. The van der Waals surface area contributed by atoms with Gasteiger partial charge in [0, 0.05) is 5.41 Å². The summed E-state index contributed by atoms with van der Waals surface area (Å²) < 4.78 is 4.24. The van der Waals surface area contributed by atoms with Crippen molar-refractivity contribution in [2.45, 2.75) is 23.8 Å². The standard InChI is InChI=1S/C12H14Cl2O2/c1-11(7-12(11,13)14)10(15)8-3-5-9(16-2)6-4-8/h3-6,10,15H,7H2,1-2H3/t10-,11-/m0/s1. The summed E-state index contributed by atoms with van der Waals surface area (Å²) in [6.07, 6.45) is -0.0375. The van der Waals surface area contributed by atoms with E-state index in [1.54, 1.807) is 7.11 Å². The third-order valence-corrected chi connectivity index (χ3v) is 4.47. The van der Waals surface area contributed by atoms with Gasteiger partial charge in [0.15, 0.2) is 0 Å². The molecular formula is C12H14Cl2O2. The van der Waals surface area contributed by atoms with Crippen LogP contribution in [0.4, 0.5) is 0 Å². The van der Waals surface area contributed by atoms with Crippen LogP contribution >= 0.6 is 23.2 Å². The largest absolute Gasteiger partial charge is 0.497 e. The maximum atomic E-state index is 10.2. The van der Waals surface area contributed by atoms with E-state index in [4.69, 9.17) is 27.9 Å². The average molecular weight is 261 g/mol. The molecule has 0 heterocycles. The molecule has 2 nitrogen and oxygen atoms in total. The van der Waals surface area contributed by atoms with Crippen molar-refractivity contribution in [3.05, 3.63) is 29.8 Å². The molecule has 1 N–H and O–H groups in total. The number of alkyl halides is 2. The monoisotopic (exact) mass is 260 g/mol. The molecule has 0 radical (unpaired) electrons. The number of hydrogen-bond acceptors (Lipinski definition) is 2. The van der Waals surface area contributed by atoms with Crippen LogP contribution in [0.25, 0.3) is 0 Å². The van der Waals surface area contributed by atoms with Gasteiger partial charge >= 0.3 is 0 Å². The van der Waals surface area contributed by atoms with Crippen molar-refractivity contribution >= 4 is 23.2 Å². The summed E-state index contributed by atoms with van der Waals surface area (Å²) in [5.74, 6) is 0.764. The van der Waals surface area contributed by atoms with Gasteiger partial charge in [-0.1, -0.05) is 19.1 Å². The van der Waals surface area contributed by atoms with E-state index in [-0.39, 0.29) is 0 Å². The maximum absolute atomic E-state index is 10.2. The van der Waals surface area contributed by atoms with Gasteiger partial charge < -0.3 is 9.84 Å². The van der Waals surface area contributed by atoms with Crippen LogP contribution in [-0.2, 0) is 0 Å². The summed E-state index contributed by atoms with van der Waals surface area (Å²) in [7, 11) is 1.61. The topological polar surface area (TPSA) is 29.5 Å². The van der Waals surface area contributed by atoms with E-state index in [2.05, 4.69) is 0 Å². The Morgan fingerprint density at radius 3 is 2.19 bits per heavy atom. The zero-order valence-electron chi connectivity index (χ0n) is 9.21. The molecule has 1 aromatic carbocycles. The van der Waals surface area contributed by atoms with E-state index in [9.17, 15) is 5.11 Å². The Kier molecular flexibility index (Phi) is 2.85. The minimum absolute atomic E-state index is 0.454. The lowest BCUT2D eigenvalue weighted by Gasteiger charge is -2.20. The number of ether oxygens (including phenoxy) is 1. The van der Waals surface area contributed by atoms with Crippen molar-refractivity contribution in [2.24, 2.45) is 5.41 Å². The highest BCUT2D eigenvalue weighted by Crippen LogP contribution is 2.69. The molecule has 1 saturated carbocycles. The zero-order valence-corrected chi connectivity index (χ0v) is 10.7. The SMILES string of the molecule is COc1ccc([C@H](O)[C@]2(C)CC2(Cl)Cl)cc1. The van der Waals surface area contributed by atoms with Crippen molar-refractivity contribution in [1.29, 1.82) is 0 Å². The fourth-order valence-electron chi connectivity index (χ4n) is 1.87. The van der Waals surface area contributed by atoms with Crippen molar-refractivity contribution in [3.8, 4) is 5.75 Å². The lowest BCUT2D eigenvalue weighted by molar-refractivity contribution is 0.102. The maximum Gasteiger partial charge on any atom is 0.127 e. The summed E-state index contributed by atoms with van der Waals surface area (Å²) in [6.45, 7) is 1.89. The number of halogens is 2. The predicted molar refractivity (Wildman–Crippen MR) is 65.1 cm³/mol. The number of aliphatic hydroxyl groups excluding tert-OH is 1. The molecule has 0 amide bonds. The molecule has 1 aliphatic carbocycles. The molecule has 16 heavy (non-hydrogen) atoms. The molecule has 2 atom stereocenters. The Bertz CT molecular complexity index is 389. The molecule has 0 aliphatic heterocycles. The zero-order chi connectivity index (χ0) is 12.0. The summed E-state index contributed by atoms with van der Waals surface area (Å²) >= 11 is 12.1. The van der Waals surface area contributed by atoms with Crippen molar-refractivity contribution in [2.75, 3.05) is 7.11 Å². The number of rotatable bonds is 3. The fourth-order valence-corrected chi connectivity index (χ4v) is 2.63. The van der Waals surface area contributed by atoms with E-state index in [0.29, 0.717) is 6.42 Å². The van der Waals surface area contributed by atoms with Crippen LogP contribution in [0.3, 0.4) is 0 Å². The van der Waals surface area contributed by atoms with Gasteiger partial charge in [-0.2, -0.15) is 0 Å². The third-order valence-electron chi connectivity index (χ3n) is 3.33. The van der Waals surface area contributed by atoms with Gasteiger partial charge in [-0.05, 0) is 24.1 Å². The molecule has 1 aliphatic rings. The lowest BCUT2D eigenvalue weighted by atomic mass is 9.95. The van der Waals surface area contributed by atoms with Crippen LogP contribution < -0.4 is 4.74 Å². The first kappa shape index (κ1) is 12.0. The molecule has 0 saturated heterocycles. The molecule has 2 rings (SSSR count). The van der Waals surface area contributed by atoms with E-state index < -0.39 is 15.9 Å². The van der Waals surface area contributed by atoms with Crippen LogP contribution in [0.15, 0.2) is 24.3 Å². The smallest absolute Gasteiger partial charge is 0.127 e. The molecule has 1 fully saturated rings. The van der Waals surface area contributed by atoms with Crippen molar-refractivity contribution in [1.82, 2.24) is 0 Å². The summed E-state index contributed by atoms with van der Waals surface area (Å²) in [4.78, 5) is 0. The van der Waals surface area contributed by atoms with Crippen molar-refractivity contribution < 1.29 is 9.84 Å². The van der Waals surface area contributed by atoms with Crippen LogP contribution in [0.5, 0.6) is 5.75 Å². The van der Waals surface area contributed by atoms with Crippen LogP contribution in [-0.4, -0.2) is 16.5 Å². The molecule has 0 bridgehead atoms. The first-order chi connectivity index (χ1) is 7.40. The van der Waals surface area contributed by atoms with E-state index in [1.807, 2.05) is 31.2 Å². The minimum atomic E-state index is -0.813. The van der Waals surface area contributed by atoms with E-state index >= 15 is 0 Å². The van der Waals surface area contributed by atoms with Crippen LogP contribution in [0.2, 0.25) is 0 Å². The lowest BCUT2D eigenvalue weighted by Crippen LogP contribution is -2.16. The number of aliphatic hydroxyl groups is 1. The molecule has 1 aromatic rings. The predicted octanol–water partition coefficient (Wildman–Crippen LogP) is 3.31. The average Bonchev–Trinajstić information content (AvgIpc) is 2.79. The minimum Gasteiger partial charge on any atom is -0.497 e. The second kappa shape index (κ2) is 3.80. The highest BCUT2D eigenvalue weighted by molar-refractivity contribution is 6.51. The normalized spacial score (nSPS) is 28.6. The fraction of sp³-hybridized carbons (Fsp3) is 0.500. The van der Waals surface area contributed by atoms with Gasteiger partial charge in [-0.15, -0.1) is 23.2 Å². The third kappa shape index (κ3) is 1.79. The molecule has 0 unspecified atom stereocenters. The van der Waals surface area contributed by atoms with E-state index in [1.165, 1.54) is 0 Å². The molecule has 4 heteroatoms. The Morgan fingerprint density at radius 1 is 1.31 bits per heavy atom. The van der Waals surface area contributed by atoms with Gasteiger partial charge in [0.2, 0.25) is 0 Å². The Hall–Kier alpha value is -0.440. The van der Waals surface area contributed by atoms with Crippen LogP contribution in [0, 0.1) is 5.41 Å². The number of hydrogen-bond donors (Lipinski definition) is 1. The summed E-state index contributed by atoms with van der Waals surface area (Å²) in [5, 5.41) is 10.2. The first-order valence-corrected chi connectivity index (χ1v) is 5.86. The second-order valence-electron chi connectivity index (χ2n) is 4.47. The Balaban J connectivity index is 2.19. The summed E-state index contributed by atoms with van der Waals surface area (Å²) in [5.41, 5.74) is 0.358. The van der Waals surface area contributed by atoms with Gasteiger partial charge in [0.25, 0.3) is 0 Å². The van der Waals surface area contributed by atoms with Gasteiger partial charge in [0.05, 0.1) is 13.2 Å².